The molecule has 0 atom stereocenters. The largest absolute Gasteiger partial charge is 0.495 e. The molecule has 2 aromatic carbocycles. The monoisotopic (exact) mass is 451 g/mol. The predicted molar refractivity (Wildman–Crippen MR) is 123 cm³/mol. The highest BCUT2D eigenvalue weighted by Crippen LogP contribution is 2.25. The molecule has 0 fully saturated rings. The molecule has 1 heterocycles. The van der Waals surface area contributed by atoms with Crippen molar-refractivity contribution in [1.29, 1.82) is 0 Å². The average Bonchev–Trinajstić information content (AvgIpc) is 3.05. The Morgan fingerprint density at radius 3 is 2.42 bits per heavy atom. The Hall–Kier alpha value is -4.21. The zero-order valence-corrected chi connectivity index (χ0v) is 18.8. The van der Waals surface area contributed by atoms with Crippen LogP contribution in [0.25, 0.3) is 0 Å². The van der Waals surface area contributed by atoms with E-state index in [1.807, 2.05) is 13.0 Å². The normalized spacial score (nSPS) is 10.5. The van der Waals surface area contributed by atoms with Crippen molar-refractivity contribution in [2.24, 2.45) is 0 Å². The molecule has 10 heteroatoms. The third-order valence-electron chi connectivity index (χ3n) is 5.11. The number of methoxy groups -OCH3 is 1. The van der Waals surface area contributed by atoms with E-state index >= 15 is 0 Å². The van der Waals surface area contributed by atoms with E-state index in [4.69, 9.17) is 4.74 Å². The molecule has 0 aliphatic rings. The molecule has 0 radical (unpaired) electrons. The number of anilines is 1. The van der Waals surface area contributed by atoms with Gasteiger partial charge in [-0.05, 0) is 56.2 Å². The molecule has 0 saturated carbocycles. The van der Waals surface area contributed by atoms with Gasteiger partial charge in [0.1, 0.15) is 17.1 Å². The minimum Gasteiger partial charge on any atom is -0.495 e. The van der Waals surface area contributed by atoms with Crippen molar-refractivity contribution in [1.82, 2.24) is 15.1 Å². The molecule has 0 aliphatic heterocycles. The van der Waals surface area contributed by atoms with E-state index in [-0.39, 0.29) is 18.1 Å². The van der Waals surface area contributed by atoms with Crippen LogP contribution in [0.4, 0.5) is 11.4 Å². The lowest BCUT2D eigenvalue weighted by Crippen LogP contribution is -2.32. The van der Waals surface area contributed by atoms with Crippen LogP contribution >= 0.6 is 0 Å². The highest BCUT2D eigenvalue weighted by atomic mass is 16.6. The van der Waals surface area contributed by atoms with Gasteiger partial charge in [-0.2, -0.15) is 5.10 Å². The number of nitro groups is 1. The first-order chi connectivity index (χ1) is 15.7. The van der Waals surface area contributed by atoms with Gasteiger partial charge < -0.3 is 15.4 Å². The van der Waals surface area contributed by atoms with E-state index in [1.54, 1.807) is 54.9 Å². The van der Waals surface area contributed by atoms with E-state index < -0.39 is 10.8 Å². The highest BCUT2D eigenvalue weighted by molar-refractivity contribution is 5.99. The summed E-state index contributed by atoms with van der Waals surface area (Å²) in [4.78, 5) is 35.4. The van der Waals surface area contributed by atoms with Gasteiger partial charge in [-0.15, -0.1) is 0 Å². The second-order valence-electron chi connectivity index (χ2n) is 7.57. The summed E-state index contributed by atoms with van der Waals surface area (Å²) in [6.45, 7) is 5.28. The van der Waals surface area contributed by atoms with Gasteiger partial charge >= 0.3 is 5.69 Å². The maximum Gasteiger partial charge on any atom is 0.312 e. The number of hydrogen-bond acceptors (Lipinski definition) is 6. The van der Waals surface area contributed by atoms with E-state index in [0.29, 0.717) is 34.9 Å². The lowest BCUT2D eigenvalue weighted by atomic mass is 10.1. The summed E-state index contributed by atoms with van der Waals surface area (Å²) in [7, 11) is 1.52. The number of hydrogen-bond donors (Lipinski definition) is 2. The summed E-state index contributed by atoms with van der Waals surface area (Å²) in [5, 5.41) is 20.7. The molecule has 3 rings (SSSR count). The number of nitrogens with one attached hydrogen (secondary N) is 2. The zero-order chi connectivity index (χ0) is 24.1. The van der Waals surface area contributed by atoms with Crippen LogP contribution in [0.2, 0.25) is 0 Å². The number of carbonyl (C=O) groups is 2. The van der Waals surface area contributed by atoms with Gasteiger partial charge in [-0.25, -0.2) is 0 Å². The van der Waals surface area contributed by atoms with Crippen LogP contribution in [0.3, 0.4) is 0 Å². The summed E-state index contributed by atoms with van der Waals surface area (Å²) in [5.41, 5.74) is 3.55. The van der Waals surface area contributed by atoms with Gasteiger partial charge in [-0.1, -0.05) is 18.2 Å². The lowest BCUT2D eigenvalue weighted by Gasteiger charge is -2.11. The first kappa shape index (κ1) is 23.5. The zero-order valence-electron chi connectivity index (χ0n) is 18.8. The van der Waals surface area contributed by atoms with Crippen molar-refractivity contribution < 1.29 is 19.2 Å². The van der Waals surface area contributed by atoms with Crippen molar-refractivity contribution >= 4 is 23.2 Å². The van der Waals surface area contributed by atoms with Crippen molar-refractivity contribution in [3.63, 3.8) is 0 Å². The quantitative estimate of drug-likeness (QED) is 0.400. The maximum absolute atomic E-state index is 12.4. The fourth-order valence-corrected chi connectivity index (χ4v) is 3.42. The fourth-order valence-electron chi connectivity index (χ4n) is 3.42. The van der Waals surface area contributed by atoms with Gasteiger partial charge in [-0.3, -0.25) is 24.4 Å². The second-order valence-corrected chi connectivity index (χ2v) is 7.57. The van der Waals surface area contributed by atoms with Gasteiger partial charge in [0, 0.05) is 5.56 Å². The van der Waals surface area contributed by atoms with Crippen LogP contribution in [0, 0.1) is 30.9 Å². The first-order valence-corrected chi connectivity index (χ1v) is 10.2. The Labute approximate surface area is 190 Å². The van der Waals surface area contributed by atoms with Crippen LogP contribution in [0.5, 0.6) is 5.75 Å². The van der Waals surface area contributed by atoms with Crippen molar-refractivity contribution in [3.05, 3.63) is 80.7 Å². The first-order valence-electron chi connectivity index (χ1n) is 10.2. The molecule has 0 spiro atoms. The smallest absolute Gasteiger partial charge is 0.312 e. The van der Waals surface area contributed by atoms with Crippen LogP contribution in [-0.2, 0) is 11.3 Å². The molecule has 0 aliphatic carbocycles. The topological polar surface area (TPSA) is 128 Å². The number of benzene rings is 2. The summed E-state index contributed by atoms with van der Waals surface area (Å²) in [6, 6.07) is 12.2. The van der Waals surface area contributed by atoms with Crippen LogP contribution in [0.15, 0.2) is 42.5 Å². The molecule has 2 N–H and O–H groups in total. The van der Waals surface area contributed by atoms with E-state index in [1.165, 1.54) is 7.11 Å². The Balaban J connectivity index is 1.59. The van der Waals surface area contributed by atoms with Gasteiger partial charge in [0.25, 0.3) is 5.91 Å². The van der Waals surface area contributed by atoms with Crippen molar-refractivity contribution in [3.8, 4) is 5.75 Å². The molecule has 33 heavy (non-hydrogen) atoms. The summed E-state index contributed by atoms with van der Waals surface area (Å²) in [5.74, 6) is -0.242. The molecule has 172 valence electrons. The summed E-state index contributed by atoms with van der Waals surface area (Å²) in [6.07, 6.45) is 0. The number of carbonyl (C=O) groups excluding carboxylic acids is 2. The number of aromatic nitrogens is 2. The molecule has 10 nitrogen and oxygen atoms in total. The number of amides is 2. The number of ether oxygens (including phenoxy) is 1. The van der Waals surface area contributed by atoms with Crippen molar-refractivity contribution in [2.75, 3.05) is 19.0 Å². The highest BCUT2D eigenvalue weighted by Gasteiger charge is 2.21. The second kappa shape index (κ2) is 9.94. The number of aryl methyl sites for hydroxylation is 2. The SMILES string of the molecule is COc1ccc(C)cc1NC(=O)CNC(=O)c1ccc(Cn2nc(C)c([N+](=O)[O-])c2C)cc1. The fraction of sp³-hybridized carbons (Fsp3) is 0.261. The van der Waals surface area contributed by atoms with Crippen LogP contribution in [0.1, 0.15) is 32.9 Å². The summed E-state index contributed by atoms with van der Waals surface area (Å²) >= 11 is 0. The molecule has 0 unspecified atom stereocenters. The van der Waals surface area contributed by atoms with Gasteiger partial charge in [0.05, 0.1) is 30.8 Å². The third kappa shape index (κ3) is 5.53. The van der Waals surface area contributed by atoms with Crippen molar-refractivity contribution in [2.45, 2.75) is 27.3 Å². The molecular formula is C23H25N5O5. The Morgan fingerprint density at radius 2 is 1.82 bits per heavy atom. The molecule has 3 aromatic rings. The Bertz CT molecular complexity index is 1200. The maximum atomic E-state index is 12.4. The summed E-state index contributed by atoms with van der Waals surface area (Å²) < 4.78 is 6.80. The molecule has 0 bridgehead atoms. The number of nitrogens with zero attached hydrogens (tertiary/aromatic N) is 3. The molecular weight excluding hydrogens is 426 g/mol. The van der Waals surface area contributed by atoms with E-state index in [0.717, 1.165) is 11.1 Å². The molecule has 2 amide bonds. The number of rotatable bonds is 8. The minimum atomic E-state index is -0.438. The molecule has 0 saturated heterocycles. The van der Waals surface area contributed by atoms with E-state index in [2.05, 4.69) is 15.7 Å². The molecule has 1 aromatic heterocycles. The third-order valence-corrected chi connectivity index (χ3v) is 5.11. The van der Waals surface area contributed by atoms with Crippen LogP contribution in [-0.4, -0.2) is 40.2 Å². The van der Waals surface area contributed by atoms with Crippen LogP contribution < -0.4 is 15.4 Å². The average molecular weight is 451 g/mol. The Morgan fingerprint density at radius 1 is 1.12 bits per heavy atom. The minimum absolute atomic E-state index is 0.00700. The Kier molecular flexibility index (Phi) is 7.07. The van der Waals surface area contributed by atoms with E-state index in [9.17, 15) is 19.7 Å². The standard InChI is InChI=1S/C23H25N5O5/c1-14-5-10-20(33-4)19(11-14)25-21(29)12-24-23(30)18-8-6-17(7-9-18)13-27-16(3)22(28(31)32)15(2)26-27/h5-11H,12-13H2,1-4H3,(H,24,30)(H,25,29). The lowest BCUT2D eigenvalue weighted by molar-refractivity contribution is -0.386. The van der Waals surface area contributed by atoms with Gasteiger partial charge in [0.15, 0.2) is 0 Å². The predicted octanol–water partition coefficient (Wildman–Crippen LogP) is 3.14. The van der Waals surface area contributed by atoms with Gasteiger partial charge in [0.2, 0.25) is 5.91 Å².